The molecule has 0 spiro atoms. The molecule has 0 fully saturated rings. The van der Waals surface area contributed by atoms with Gasteiger partial charge in [0.2, 0.25) is 0 Å². The van der Waals surface area contributed by atoms with Crippen LogP contribution in [0.25, 0.3) is 5.69 Å². The summed E-state index contributed by atoms with van der Waals surface area (Å²) in [6, 6.07) is 8.80. The molecule has 2 nitrogen and oxygen atoms in total. The number of aromatic nitrogens is 1. The molecule has 0 radical (unpaired) electrons. The van der Waals surface area contributed by atoms with Gasteiger partial charge in [-0.25, -0.2) is 0 Å². The number of hydrogen-bond acceptors (Lipinski definition) is 1. The summed E-state index contributed by atoms with van der Waals surface area (Å²) >= 11 is 12.4. The summed E-state index contributed by atoms with van der Waals surface area (Å²) in [6.45, 7) is 0. The number of rotatable bonds is 1. The largest absolute Gasteiger partial charge is 0.282 e. The lowest BCUT2D eigenvalue weighted by Gasteiger charge is -2.07. The molecule has 1 heterocycles. The quantitative estimate of drug-likeness (QED) is 0.750. The highest BCUT2D eigenvalue weighted by atomic mass is 79.9. The monoisotopic (exact) mass is 361 g/mol. The fourth-order valence-corrected chi connectivity index (χ4v) is 2.62. The Morgan fingerprint density at radius 3 is 2.38 bits per heavy atom. The normalized spacial score (nSPS) is 10.4. The van der Waals surface area contributed by atoms with Crippen molar-refractivity contribution in [3.05, 3.63) is 60.9 Å². The Balaban J connectivity index is 2.64. The molecule has 0 saturated heterocycles. The Morgan fingerprint density at radius 1 is 1.12 bits per heavy atom. The zero-order chi connectivity index (χ0) is 11.7. The molecule has 0 bridgehead atoms. The third-order valence-corrected chi connectivity index (χ3v) is 3.30. The Labute approximate surface area is 114 Å². The molecule has 0 amide bonds. The minimum Gasteiger partial charge on any atom is -0.282 e. The zero-order valence-corrected chi connectivity index (χ0v) is 11.9. The predicted octanol–water partition coefficient (Wildman–Crippen LogP) is 4.02. The van der Waals surface area contributed by atoms with Gasteiger partial charge in [-0.05, 0) is 62.2 Å². The molecule has 0 aliphatic rings. The second kappa shape index (κ2) is 4.73. The van der Waals surface area contributed by atoms with Crippen LogP contribution in [0.2, 0.25) is 5.02 Å². The van der Waals surface area contributed by atoms with Crippen LogP contribution in [-0.2, 0) is 0 Å². The van der Waals surface area contributed by atoms with Crippen molar-refractivity contribution in [1.82, 2.24) is 4.57 Å². The molecule has 1 aromatic heterocycles. The van der Waals surface area contributed by atoms with Crippen LogP contribution in [0.4, 0.5) is 0 Å². The van der Waals surface area contributed by atoms with Crippen LogP contribution >= 0.6 is 43.5 Å². The SMILES string of the molecule is O=c1c(Br)cc(Br)cn1-c1ccc(Cl)cc1. The second-order valence-electron chi connectivity index (χ2n) is 3.16. The number of benzene rings is 1. The van der Waals surface area contributed by atoms with E-state index in [1.165, 1.54) is 0 Å². The smallest absolute Gasteiger partial charge is 0.269 e. The first-order chi connectivity index (χ1) is 7.58. The molecule has 0 saturated carbocycles. The van der Waals surface area contributed by atoms with Crippen LogP contribution < -0.4 is 5.56 Å². The maximum atomic E-state index is 11.9. The Morgan fingerprint density at radius 2 is 1.75 bits per heavy atom. The van der Waals surface area contributed by atoms with E-state index in [1.54, 1.807) is 41.1 Å². The number of nitrogens with zero attached hydrogens (tertiary/aromatic N) is 1. The topological polar surface area (TPSA) is 22.0 Å². The molecule has 0 aliphatic heterocycles. The van der Waals surface area contributed by atoms with E-state index in [0.717, 1.165) is 10.2 Å². The summed E-state index contributed by atoms with van der Waals surface area (Å²) in [5.41, 5.74) is 0.668. The molecular weight excluding hydrogens is 357 g/mol. The van der Waals surface area contributed by atoms with Gasteiger partial charge in [0.05, 0.1) is 4.47 Å². The van der Waals surface area contributed by atoms with Crippen LogP contribution in [-0.4, -0.2) is 4.57 Å². The maximum Gasteiger partial charge on any atom is 0.269 e. The average Bonchev–Trinajstić information content (AvgIpc) is 2.25. The standard InChI is InChI=1S/C11H6Br2ClNO/c12-7-5-10(13)11(16)15(6-7)9-3-1-8(14)2-4-9/h1-6H. The van der Waals surface area contributed by atoms with E-state index >= 15 is 0 Å². The van der Waals surface area contributed by atoms with Gasteiger partial charge in [0.1, 0.15) is 0 Å². The third kappa shape index (κ3) is 2.39. The Hall–Kier alpha value is -0.580. The van der Waals surface area contributed by atoms with Crippen molar-refractivity contribution in [2.75, 3.05) is 0 Å². The van der Waals surface area contributed by atoms with Gasteiger partial charge in [-0.3, -0.25) is 9.36 Å². The van der Waals surface area contributed by atoms with E-state index in [9.17, 15) is 4.79 Å². The van der Waals surface area contributed by atoms with Crippen molar-refractivity contribution in [2.45, 2.75) is 0 Å². The summed E-state index contributed by atoms with van der Waals surface area (Å²) in [5, 5.41) is 0.644. The zero-order valence-electron chi connectivity index (χ0n) is 7.95. The molecule has 0 atom stereocenters. The fraction of sp³-hybridized carbons (Fsp3) is 0. The van der Waals surface area contributed by atoms with Gasteiger partial charge in [0.15, 0.2) is 0 Å². The van der Waals surface area contributed by atoms with E-state index in [2.05, 4.69) is 31.9 Å². The summed E-state index contributed by atoms with van der Waals surface area (Å²) < 4.78 is 2.88. The van der Waals surface area contributed by atoms with Crippen LogP contribution in [0.5, 0.6) is 0 Å². The van der Waals surface area contributed by atoms with E-state index in [0.29, 0.717) is 9.50 Å². The van der Waals surface area contributed by atoms with Gasteiger partial charge in [0.25, 0.3) is 5.56 Å². The van der Waals surface area contributed by atoms with E-state index in [-0.39, 0.29) is 5.56 Å². The van der Waals surface area contributed by atoms with E-state index in [4.69, 9.17) is 11.6 Å². The highest BCUT2D eigenvalue weighted by Crippen LogP contribution is 2.17. The van der Waals surface area contributed by atoms with Crippen LogP contribution in [0.3, 0.4) is 0 Å². The highest BCUT2D eigenvalue weighted by molar-refractivity contribution is 9.11. The highest BCUT2D eigenvalue weighted by Gasteiger charge is 2.04. The Kier molecular flexibility index (Phi) is 3.52. The van der Waals surface area contributed by atoms with E-state index in [1.807, 2.05) is 0 Å². The number of hydrogen-bond donors (Lipinski definition) is 0. The average molecular weight is 363 g/mol. The van der Waals surface area contributed by atoms with Crippen molar-refractivity contribution in [3.63, 3.8) is 0 Å². The first-order valence-corrected chi connectivity index (χ1v) is 6.38. The third-order valence-electron chi connectivity index (χ3n) is 2.04. The predicted molar refractivity (Wildman–Crippen MR) is 72.4 cm³/mol. The lowest BCUT2D eigenvalue weighted by molar-refractivity contribution is 0.973. The molecule has 0 N–H and O–H groups in total. The van der Waals surface area contributed by atoms with Crippen molar-refractivity contribution >= 4 is 43.5 Å². The van der Waals surface area contributed by atoms with Gasteiger partial charge in [-0.2, -0.15) is 0 Å². The number of halogens is 3. The second-order valence-corrected chi connectivity index (χ2v) is 5.36. The lowest BCUT2D eigenvalue weighted by Crippen LogP contribution is -2.18. The molecule has 0 unspecified atom stereocenters. The van der Waals surface area contributed by atoms with Gasteiger partial charge in [-0.1, -0.05) is 11.6 Å². The molecule has 2 aromatic rings. The molecule has 2 rings (SSSR count). The van der Waals surface area contributed by atoms with Crippen molar-refractivity contribution in [3.8, 4) is 5.69 Å². The van der Waals surface area contributed by atoms with Gasteiger partial charge in [0, 0.05) is 21.4 Å². The minimum atomic E-state index is -0.106. The molecule has 16 heavy (non-hydrogen) atoms. The summed E-state index contributed by atoms with van der Waals surface area (Å²) in [4.78, 5) is 11.9. The van der Waals surface area contributed by atoms with Crippen molar-refractivity contribution in [1.29, 1.82) is 0 Å². The van der Waals surface area contributed by atoms with E-state index < -0.39 is 0 Å². The van der Waals surface area contributed by atoms with Gasteiger partial charge in [-0.15, -0.1) is 0 Å². The lowest BCUT2D eigenvalue weighted by atomic mass is 10.3. The van der Waals surface area contributed by atoms with Crippen LogP contribution in [0.15, 0.2) is 50.3 Å². The Bertz CT molecular complexity index is 578. The molecule has 0 aliphatic carbocycles. The first-order valence-electron chi connectivity index (χ1n) is 4.41. The maximum absolute atomic E-state index is 11.9. The molecule has 1 aromatic carbocycles. The van der Waals surface area contributed by atoms with Gasteiger partial charge >= 0.3 is 0 Å². The molecular formula is C11H6Br2ClNO. The number of pyridine rings is 1. The van der Waals surface area contributed by atoms with Crippen molar-refractivity contribution in [2.24, 2.45) is 0 Å². The van der Waals surface area contributed by atoms with Crippen LogP contribution in [0, 0.1) is 0 Å². The first kappa shape index (κ1) is 11.9. The molecule has 82 valence electrons. The van der Waals surface area contributed by atoms with Crippen LogP contribution in [0.1, 0.15) is 0 Å². The fourth-order valence-electron chi connectivity index (χ4n) is 1.31. The van der Waals surface area contributed by atoms with Crippen molar-refractivity contribution < 1.29 is 0 Å². The summed E-state index contributed by atoms with van der Waals surface area (Å²) in [7, 11) is 0. The van der Waals surface area contributed by atoms with Gasteiger partial charge < -0.3 is 0 Å². The summed E-state index contributed by atoms with van der Waals surface area (Å²) in [6.07, 6.45) is 1.72. The molecule has 5 heteroatoms. The summed E-state index contributed by atoms with van der Waals surface area (Å²) in [5.74, 6) is 0. The minimum absolute atomic E-state index is 0.106.